The minimum atomic E-state index is -4.59. The van der Waals surface area contributed by atoms with Crippen molar-refractivity contribution in [3.8, 4) is 17.6 Å². The van der Waals surface area contributed by atoms with Crippen LogP contribution in [0.4, 0.5) is 29.1 Å². The number of benzene rings is 1. The molecule has 1 aromatic carbocycles. The SMILES string of the molecule is COc1ccc2cc1NCC#Cc1cc3c(nccn3c1SC(F)(F)F)N[C@@H]1CCN(C[C@@H]1F)C(=O)[C@H]1CCN(CCNC2=O)C1. The Morgan fingerprint density at radius 2 is 1.93 bits per heavy atom. The topological polar surface area (TPSA) is 103 Å². The molecule has 2 aromatic heterocycles. The molecule has 6 heterocycles. The van der Waals surface area contributed by atoms with Crippen molar-refractivity contribution in [3.05, 3.63) is 47.8 Å². The molecule has 4 aliphatic heterocycles. The zero-order valence-corrected chi connectivity index (χ0v) is 25.8. The summed E-state index contributed by atoms with van der Waals surface area (Å²) in [6.45, 7) is 2.48. The lowest BCUT2D eigenvalue weighted by Gasteiger charge is -2.36. The second-order valence-electron chi connectivity index (χ2n) is 11.4. The molecule has 2 fully saturated rings. The largest absolute Gasteiger partial charge is 0.495 e. The van der Waals surface area contributed by atoms with Crippen LogP contribution >= 0.6 is 11.8 Å². The second kappa shape index (κ2) is 13.3. The van der Waals surface area contributed by atoms with Crippen LogP contribution in [0.3, 0.4) is 0 Å². The molecule has 4 atom stereocenters. The number of rotatable bonds is 2. The van der Waals surface area contributed by atoms with E-state index in [1.54, 1.807) is 23.1 Å². The third-order valence-electron chi connectivity index (χ3n) is 8.43. The van der Waals surface area contributed by atoms with Crippen LogP contribution in [-0.2, 0) is 4.79 Å². The molecule has 1 unspecified atom stereocenters. The summed E-state index contributed by atoms with van der Waals surface area (Å²) in [5.74, 6) is 5.75. The van der Waals surface area contributed by atoms with E-state index in [9.17, 15) is 22.8 Å². The Balaban J connectivity index is 1.34. The molecule has 0 aliphatic carbocycles. The van der Waals surface area contributed by atoms with Crippen LogP contribution in [0.1, 0.15) is 28.8 Å². The third kappa shape index (κ3) is 6.97. The van der Waals surface area contributed by atoms with Crippen LogP contribution in [0.15, 0.2) is 41.7 Å². The lowest BCUT2D eigenvalue weighted by molar-refractivity contribution is -0.137. The van der Waals surface area contributed by atoms with Crippen molar-refractivity contribution in [2.45, 2.75) is 35.6 Å². The Morgan fingerprint density at radius 1 is 1.09 bits per heavy atom. The lowest BCUT2D eigenvalue weighted by Crippen LogP contribution is -2.51. The zero-order valence-electron chi connectivity index (χ0n) is 25.0. The number of halogens is 4. The molecule has 8 bridgehead atoms. The van der Waals surface area contributed by atoms with E-state index in [0.29, 0.717) is 68.1 Å². The molecule has 3 aromatic rings. The number of piperidine rings is 1. The van der Waals surface area contributed by atoms with E-state index >= 15 is 4.39 Å². The molecule has 4 aliphatic rings. The molecule has 0 spiro atoms. The summed E-state index contributed by atoms with van der Waals surface area (Å²) >= 11 is -0.294. The minimum absolute atomic E-state index is 0.0457. The first-order valence-electron chi connectivity index (χ1n) is 15.0. The molecule has 15 heteroatoms. The van der Waals surface area contributed by atoms with E-state index in [2.05, 4.69) is 37.7 Å². The van der Waals surface area contributed by atoms with Crippen molar-refractivity contribution in [2.24, 2.45) is 5.92 Å². The Morgan fingerprint density at radius 3 is 2.72 bits per heavy atom. The second-order valence-corrected chi connectivity index (χ2v) is 12.4. The van der Waals surface area contributed by atoms with Gasteiger partial charge in [0.15, 0.2) is 5.82 Å². The van der Waals surface area contributed by atoms with Gasteiger partial charge in [-0.3, -0.25) is 9.59 Å². The van der Waals surface area contributed by atoms with Gasteiger partial charge in [-0.05, 0) is 43.7 Å². The van der Waals surface area contributed by atoms with Gasteiger partial charge < -0.3 is 34.9 Å². The van der Waals surface area contributed by atoms with E-state index < -0.39 is 17.7 Å². The highest BCUT2D eigenvalue weighted by Gasteiger charge is 2.37. The Kier molecular flexibility index (Phi) is 9.19. The first-order valence-corrected chi connectivity index (χ1v) is 15.8. The summed E-state index contributed by atoms with van der Waals surface area (Å²) in [5.41, 5.74) is -3.27. The molecule has 0 saturated carbocycles. The molecule has 10 nitrogen and oxygen atoms in total. The van der Waals surface area contributed by atoms with Crippen molar-refractivity contribution < 1.29 is 31.9 Å². The van der Waals surface area contributed by atoms with Gasteiger partial charge in [0.1, 0.15) is 16.9 Å². The maximum atomic E-state index is 15.5. The predicted molar refractivity (Wildman–Crippen MR) is 166 cm³/mol. The van der Waals surface area contributed by atoms with Crippen LogP contribution in [0.5, 0.6) is 5.75 Å². The smallest absolute Gasteiger partial charge is 0.447 e. The standard InChI is InChI=1S/C31H33F4N7O3S/c1-45-26-5-4-19-15-24(26)36-8-2-3-20-16-25-27(37-10-14-42(25)30(20)46-31(33,34)35)39-23-7-12-41(18-22(23)32)29(44)21-6-11-40(17-21)13-9-38-28(19)43/h4-5,10,14-16,21-23,36H,6-9,11-13,17-18H2,1H3,(H,37,39)(H,38,43)/t21-,22-,23+/m0/s1. The maximum absolute atomic E-state index is 15.5. The van der Waals surface area contributed by atoms with Crippen molar-refractivity contribution >= 4 is 40.6 Å². The number of methoxy groups -OCH3 is 1. The van der Waals surface area contributed by atoms with E-state index in [1.165, 1.54) is 30.0 Å². The fourth-order valence-electron chi connectivity index (χ4n) is 6.13. The number of alkyl halides is 4. The van der Waals surface area contributed by atoms with Crippen LogP contribution in [0, 0.1) is 17.8 Å². The average Bonchev–Trinajstić information content (AvgIpc) is 3.64. The molecule has 3 N–H and O–H groups in total. The first-order chi connectivity index (χ1) is 22.1. The number of thioether (sulfide) groups is 1. The Hall–Kier alpha value is -4.16. The summed E-state index contributed by atoms with van der Waals surface area (Å²) < 4.78 is 63.2. The highest BCUT2D eigenvalue weighted by atomic mass is 32.2. The summed E-state index contributed by atoms with van der Waals surface area (Å²) in [6.07, 6.45) is 2.32. The highest BCUT2D eigenvalue weighted by molar-refractivity contribution is 8.00. The number of aromatic nitrogens is 2. The van der Waals surface area contributed by atoms with E-state index in [1.807, 2.05) is 0 Å². The van der Waals surface area contributed by atoms with Gasteiger partial charge in [0, 0.05) is 55.9 Å². The van der Waals surface area contributed by atoms with Gasteiger partial charge >= 0.3 is 5.51 Å². The first kappa shape index (κ1) is 31.8. The number of nitrogens with one attached hydrogen (secondary N) is 3. The Bertz CT molecular complexity index is 1690. The van der Waals surface area contributed by atoms with Gasteiger partial charge in [-0.25, -0.2) is 9.37 Å². The number of amides is 2. The normalized spacial score (nSPS) is 24.1. The predicted octanol–water partition coefficient (Wildman–Crippen LogP) is 3.83. The average molecular weight is 660 g/mol. The van der Waals surface area contributed by atoms with Crippen molar-refractivity contribution in [3.63, 3.8) is 0 Å². The third-order valence-corrected chi connectivity index (χ3v) is 9.27. The van der Waals surface area contributed by atoms with Crippen molar-refractivity contribution in [1.82, 2.24) is 24.5 Å². The van der Waals surface area contributed by atoms with Gasteiger partial charge in [0.25, 0.3) is 5.91 Å². The number of nitrogens with zero attached hydrogens (tertiary/aromatic N) is 4. The van der Waals surface area contributed by atoms with Gasteiger partial charge in [-0.1, -0.05) is 11.8 Å². The summed E-state index contributed by atoms with van der Waals surface area (Å²) in [5, 5.41) is 8.95. The quantitative estimate of drug-likeness (QED) is 0.217. The van der Waals surface area contributed by atoms with Gasteiger partial charge in [0.2, 0.25) is 5.91 Å². The summed E-state index contributed by atoms with van der Waals surface area (Å²) in [7, 11) is 1.49. The highest BCUT2D eigenvalue weighted by Crippen LogP contribution is 2.40. The molecule has 0 radical (unpaired) electrons. The van der Waals surface area contributed by atoms with Crippen LogP contribution in [0.25, 0.3) is 5.52 Å². The maximum Gasteiger partial charge on any atom is 0.447 e. The Labute approximate surface area is 267 Å². The molecule has 244 valence electrons. The fraction of sp³-hybridized carbons (Fsp3) is 0.452. The lowest BCUT2D eigenvalue weighted by atomic mass is 10.00. The number of ether oxygens (including phenoxy) is 1. The number of carbonyl (C=O) groups is 2. The monoisotopic (exact) mass is 659 g/mol. The fourth-order valence-corrected chi connectivity index (χ4v) is 6.82. The van der Waals surface area contributed by atoms with E-state index in [4.69, 9.17) is 4.74 Å². The number of anilines is 2. The summed E-state index contributed by atoms with van der Waals surface area (Å²) in [6, 6.07) is 5.72. The van der Waals surface area contributed by atoms with Gasteiger partial charge in [-0.2, -0.15) is 13.2 Å². The number of carbonyl (C=O) groups excluding carboxylic acids is 2. The summed E-state index contributed by atoms with van der Waals surface area (Å²) in [4.78, 5) is 34.2. The van der Waals surface area contributed by atoms with E-state index in [0.717, 1.165) is 0 Å². The number of fused-ring (bicyclic) bond motifs is 7. The van der Waals surface area contributed by atoms with Crippen LogP contribution in [-0.4, -0.2) is 102 Å². The molecular formula is C31H33F4N7O3S. The number of hydrogen-bond donors (Lipinski definition) is 3. The van der Waals surface area contributed by atoms with E-state index in [-0.39, 0.29) is 59.0 Å². The molecule has 7 rings (SSSR count). The van der Waals surface area contributed by atoms with Crippen molar-refractivity contribution in [1.29, 1.82) is 0 Å². The van der Waals surface area contributed by atoms with Crippen LogP contribution in [0.2, 0.25) is 0 Å². The van der Waals surface area contributed by atoms with Crippen molar-refractivity contribution in [2.75, 3.05) is 63.6 Å². The van der Waals surface area contributed by atoms with Gasteiger partial charge in [0.05, 0.1) is 48.9 Å². The molecule has 46 heavy (non-hydrogen) atoms. The number of hydrogen-bond acceptors (Lipinski definition) is 8. The van der Waals surface area contributed by atoms with Crippen LogP contribution < -0.4 is 20.7 Å². The minimum Gasteiger partial charge on any atom is -0.495 e. The zero-order chi connectivity index (χ0) is 32.4. The molecule has 2 amide bonds. The molecular weight excluding hydrogens is 626 g/mol. The molecule has 2 saturated heterocycles. The van der Waals surface area contributed by atoms with Gasteiger partial charge in [-0.15, -0.1) is 0 Å².